The van der Waals surface area contributed by atoms with E-state index < -0.39 is 0 Å². The molecule has 0 aromatic heterocycles. The Kier molecular flexibility index (Phi) is 4.41. The quantitative estimate of drug-likeness (QED) is 0.833. The third-order valence-corrected chi connectivity index (χ3v) is 2.78. The van der Waals surface area contributed by atoms with E-state index in [4.69, 9.17) is 6.42 Å². The van der Waals surface area contributed by atoms with Gasteiger partial charge in [0.1, 0.15) is 0 Å². The van der Waals surface area contributed by atoms with Crippen LogP contribution in [0.3, 0.4) is 0 Å². The predicted octanol–water partition coefficient (Wildman–Crippen LogP) is 3.03. The summed E-state index contributed by atoms with van der Waals surface area (Å²) in [5.41, 5.74) is 3.53. The first kappa shape index (κ1) is 13.7. The van der Waals surface area contributed by atoms with E-state index in [1.54, 1.807) is 0 Å². The van der Waals surface area contributed by atoms with Crippen molar-refractivity contribution in [3.63, 3.8) is 0 Å². The Morgan fingerprint density at radius 2 is 1.90 bits per heavy atom. The molecular formula is C17H16N2O. The average Bonchev–Trinajstić information content (AvgIpc) is 2.45. The molecule has 0 aliphatic heterocycles. The van der Waals surface area contributed by atoms with Crippen LogP contribution in [0.15, 0.2) is 48.5 Å². The molecule has 0 atom stereocenters. The normalized spacial score (nSPS) is 9.60. The van der Waals surface area contributed by atoms with E-state index in [-0.39, 0.29) is 12.5 Å². The van der Waals surface area contributed by atoms with Crippen molar-refractivity contribution in [2.45, 2.75) is 6.92 Å². The first-order chi connectivity index (χ1) is 9.67. The molecule has 0 spiro atoms. The van der Waals surface area contributed by atoms with Crippen molar-refractivity contribution in [1.29, 1.82) is 0 Å². The first-order valence-electron chi connectivity index (χ1n) is 6.34. The number of carbonyl (C=O) groups is 1. The molecule has 2 rings (SSSR count). The van der Waals surface area contributed by atoms with Gasteiger partial charge in [0.25, 0.3) is 0 Å². The van der Waals surface area contributed by atoms with Gasteiger partial charge in [0.15, 0.2) is 0 Å². The summed E-state index contributed by atoms with van der Waals surface area (Å²) in [5.74, 6) is 2.46. The number of hydrogen-bond acceptors (Lipinski definition) is 2. The minimum atomic E-state index is -0.0956. The summed E-state index contributed by atoms with van der Waals surface area (Å²) in [4.78, 5) is 11.8. The summed E-state index contributed by atoms with van der Waals surface area (Å²) >= 11 is 0. The molecular weight excluding hydrogens is 248 g/mol. The highest BCUT2D eigenvalue weighted by Crippen LogP contribution is 2.11. The Bertz CT molecular complexity index is 656. The number of hydrogen-bond donors (Lipinski definition) is 2. The highest BCUT2D eigenvalue weighted by Gasteiger charge is 2.02. The maximum absolute atomic E-state index is 11.8. The molecule has 3 nitrogen and oxygen atoms in total. The van der Waals surface area contributed by atoms with Crippen molar-refractivity contribution in [1.82, 2.24) is 0 Å². The van der Waals surface area contributed by atoms with Gasteiger partial charge in [0.05, 0.1) is 6.54 Å². The van der Waals surface area contributed by atoms with Gasteiger partial charge < -0.3 is 10.6 Å². The molecule has 0 bridgehead atoms. The van der Waals surface area contributed by atoms with Gasteiger partial charge in [-0.2, -0.15) is 0 Å². The number of anilines is 2. The number of nitrogens with one attached hydrogen (secondary N) is 2. The van der Waals surface area contributed by atoms with Gasteiger partial charge in [-0.05, 0) is 42.8 Å². The largest absolute Gasteiger partial charge is 0.376 e. The second-order valence-corrected chi connectivity index (χ2v) is 4.50. The van der Waals surface area contributed by atoms with Gasteiger partial charge in [0, 0.05) is 16.9 Å². The molecule has 0 radical (unpaired) electrons. The zero-order valence-corrected chi connectivity index (χ0v) is 11.3. The molecule has 0 saturated heterocycles. The van der Waals surface area contributed by atoms with Crippen molar-refractivity contribution in [3.05, 3.63) is 59.7 Å². The Morgan fingerprint density at radius 1 is 1.15 bits per heavy atom. The minimum Gasteiger partial charge on any atom is -0.376 e. The highest BCUT2D eigenvalue weighted by atomic mass is 16.1. The van der Waals surface area contributed by atoms with Gasteiger partial charge in [-0.15, -0.1) is 6.42 Å². The molecule has 2 N–H and O–H groups in total. The number of aryl methyl sites for hydroxylation is 1. The maximum Gasteiger partial charge on any atom is 0.243 e. The van der Waals surface area contributed by atoms with Crippen molar-refractivity contribution < 1.29 is 4.79 Å². The topological polar surface area (TPSA) is 41.1 Å². The zero-order chi connectivity index (χ0) is 14.4. The van der Waals surface area contributed by atoms with Crippen molar-refractivity contribution >= 4 is 17.3 Å². The molecule has 0 unspecified atom stereocenters. The number of amides is 1. The van der Waals surface area contributed by atoms with Crippen LogP contribution in [0.5, 0.6) is 0 Å². The lowest BCUT2D eigenvalue weighted by molar-refractivity contribution is -0.114. The Hall–Kier alpha value is -2.73. The summed E-state index contributed by atoms with van der Waals surface area (Å²) in [5, 5.41) is 5.89. The van der Waals surface area contributed by atoms with Crippen LogP contribution in [-0.2, 0) is 4.79 Å². The van der Waals surface area contributed by atoms with Crippen LogP contribution >= 0.6 is 0 Å². The van der Waals surface area contributed by atoms with Crippen LogP contribution in [0.1, 0.15) is 11.1 Å². The van der Waals surface area contributed by atoms with Crippen LogP contribution in [-0.4, -0.2) is 12.5 Å². The second-order valence-electron chi connectivity index (χ2n) is 4.50. The molecule has 0 saturated carbocycles. The summed E-state index contributed by atoms with van der Waals surface area (Å²) in [7, 11) is 0. The molecule has 0 aliphatic rings. The molecule has 0 aliphatic carbocycles. The summed E-state index contributed by atoms with van der Waals surface area (Å²) in [6.45, 7) is 2.18. The number of carbonyl (C=O) groups excluding carboxylic acids is 1. The fourth-order valence-electron chi connectivity index (χ4n) is 1.83. The molecule has 0 heterocycles. The second kappa shape index (κ2) is 6.44. The van der Waals surface area contributed by atoms with E-state index in [9.17, 15) is 4.79 Å². The van der Waals surface area contributed by atoms with Crippen LogP contribution in [0, 0.1) is 19.3 Å². The maximum atomic E-state index is 11.8. The van der Waals surface area contributed by atoms with Crippen LogP contribution in [0.25, 0.3) is 0 Å². The summed E-state index contributed by atoms with van der Waals surface area (Å²) < 4.78 is 0. The molecule has 2 aromatic carbocycles. The third kappa shape index (κ3) is 3.89. The predicted molar refractivity (Wildman–Crippen MR) is 82.7 cm³/mol. The summed E-state index contributed by atoms with van der Waals surface area (Å²) in [6, 6.07) is 15.1. The lowest BCUT2D eigenvalue weighted by atomic mass is 10.2. The van der Waals surface area contributed by atoms with E-state index in [2.05, 4.69) is 16.6 Å². The molecule has 1 amide bonds. The van der Waals surface area contributed by atoms with Crippen LogP contribution < -0.4 is 10.6 Å². The monoisotopic (exact) mass is 264 g/mol. The smallest absolute Gasteiger partial charge is 0.243 e. The van der Waals surface area contributed by atoms with Gasteiger partial charge in [0.2, 0.25) is 5.91 Å². The van der Waals surface area contributed by atoms with Gasteiger partial charge in [-0.3, -0.25) is 4.79 Å². The van der Waals surface area contributed by atoms with Crippen molar-refractivity contribution in [2.75, 3.05) is 17.2 Å². The molecule has 20 heavy (non-hydrogen) atoms. The van der Waals surface area contributed by atoms with E-state index in [0.29, 0.717) is 0 Å². The number of rotatable bonds is 4. The van der Waals surface area contributed by atoms with Gasteiger partial charge >= 0.3 is 0 Å². The molecule has 2 aromatic rings. The Balaban J connectivity index is 1.90. The van der Waals surface area contributed by atoms with E-state index in [1.165, 1.54) is 0 Å². The Labute approximate surface area is 119 Å². The lowest BCUT2D eigenvalue weighted by Gasteiger charge is -2.08. The van der Waals surface area contributed by atoms with Crippen LogP contribution in [0.2, 0.25) is 0 Å². The third-order valence-electron chi connectivity index (χ3n) is 2.78. The Morgan fingerprint density at radius 3 is 2.65 bits per heavy atom. The molecule has 3 heteroatoms. The number of benzene rings is 2. The highest BCUT2D eigenvalue weighted by molar-refractivity contribution is 5.93. The molecule has 0 fully saturated rings. The first-order valence-corrected chi connectivity index (χ1v) is 6.34. The van der Waals surface area contributed by atoms with E-state index >= 15 is 0 Å². The fourth-order valence-corrected chi connectivity index (χ4v) is 1.83. The summed E-state index contributed by atoms with van der Waals surface area (Å²) in [6.07, 6.45) is 5.33. The van der Waals surface area contributed by atoms with E-state index in [1.807, 2.05) is 55.5 Å². The minimum absolute atomic E-state index is 0.0956. The standard InChI is InChI=1S/C17H16N2O/c1-3-14-7-5-8-15(11-14)18-12-17(20)19-16-9-4-6-13(2)10-16/h1,4-11,18H,12H2,2H3,(H,19,20). The molecule has 100 valence electrons. The average molecular weight is 264 g/mol. The number of terminal acetylenes is 1. The zero-order valence-electron chi connectivity index (χ0n) is 11.3. The van der Waals surface area contributed by atoms with Crippen molar-refractivity contribution in [2.24, 2.45) is 0 Å². The lowest BCUT2D eigenvalue weighted by Crippen LogP contribution is -2.21. The fraction of sp³-hybridized carbons (Fsp3) is 0.118. The van der Waals surface area contributed by atoms with Gasteiger partial charge in [-0.1, -0.05) is 24.1 Å². The van der Waals surface area contributed by atoms with Crippen molar-refractivity contribution in [3.8, 4) is 12.3 Å². The van der Waals surface area contributed by atoms with Crippen LogP contribution in [0.4, 0.5) is 11.4 Å². The van der Waals surface area contributed by atoms with Gasteiger partial charge in [-0.25, -0.2) is 0 Å². The SMILES string of the molecule is C#Cc1cccc(NCC(=O)Nc2cccc(C)c2)c1. The van der Waals surface area contributed by atoms with E-state index in [0.717, 1.165) is 22.5 Å².